The topological polar surface area (TPSA) is 64.3 Å². The predicted octanol–water partition coefficient (Wildman–Crippen LogP) is 1.44. The predicted molar refractivity (Wildman–Crippen MR) is 72.7 cm³/mol. The van der Waals surface area contributed by atoms with Crippen LogP contribution >= 0.6 is 0 Å². The molecule has 0 saturated carbocycles. The number of nitrogens with two attached hydrogens (primary N) is 1. The second kappa shape index (κ2) is 5.87. The number of methoxy groups -OCH3 is 1. The van der Waals surface area contributed by atoms with Crippen molar-refractivity contribution >= 4 is 5.91 Å². The SMILES string of the molecule is COc1ccccc1C(C)(C)CNC(=O)C(C)N. The van der Waals surface area contributed by atoms with Gasteiger partial charge in [0, 0.05) is 17.5 Å². The first kappa shape index (κ1) is 14.5. The second-order valence-electron chi connectivity index (χ2n) is 5.09. The number of hydrogen-bond donors (Lipinski definition) is 2. The van der Waals surface area contributed by atoms with Crippen molar-refractivity contribution in [3.8, 4) is 5.75 Å². The quantitative estimate of drug-likeness (QED) is 0.831. The highest BCUT2D eigenvalue weighted by Gasteiger charge is 2.25. The van der Waals surface area contributed by atoms with Crippen molar-refractivity contribution < 1.29 is 9.53 Å². The van der Waals surface area contributed by atoms with Crippen LogP contribution < -0.4 is 15.8 Å². The van der Waals surface area contributed by atoms with Gasteiger partial charge < -0.3 is 15.8 Å². The van der Waals surface area contributed by atoms with Gasteiger partial charge in [0.25, 0.3) is 0 Å². The van der Waals surface area contributed by atoms with Crippen LogP contribution in [0.4, 0.5) is 0 Å². The van der Waals surface area contributed by atoms with Gasteiger partial charge in [-0.05, 0) is 13.0 Å². The molecule has 4 nitrogen and oxygen atoms in total. The molecule has 0 aromatic heterocycles. The fourth-order valence-electron chi connectivity index (χ4n) is 1.77. The van der Waals surface area contributed by atoms with Gasteiger partial charge in [0.1, 0.15) is 5.75 Å². The zero-order chi connectivity index (χ0) is 13.8. The van der Waals surface area contributed by atoms with Gasteiger partial charge in [-0.15, -0.1) is 0 Å². The number of hydrogen-bond acceptors (Lipinski definition) is 3. The monoisotopic (exact) mass is 250 g/mol. The van der Waals surface area contributed by atoms with E-state index >= 15 is 0 Å². The molecule has 100 valence electrons. The molecular formula is C14H22N2O2. The number of carbonyl (C=O) groups is 1. The van der Waals surface area contributed by atoms with E-state index in [9.17, 15) is 4.79 Å². The van der Waals surface area contributed by atoms with Gasteiger partial charge >= 0.3 is 0 Å². The van der Waals surface area contributed by atoms with Crippen molar-refractivity contribution in [2.75, 3.05) is 13.7 Å². The number of benzene rings is 1. The molecule has 1 rings (SSSR count). The molecule has 0 spiro atoms. The van der Waals surface area contributed by atoms with E-state index in [1.807, 2.05) is 24.3 Å². The van der Waals surface area contributed by atoms with Crippen LogP contribution in [0.2, 0.25) is 0 Å². The Labute approximate surface area is 109 Å². The molecule has 0 bridgehead atoms. The van der Waals surface area contributed by atoms with Crippen molar-refractivity contribution in [3.05, 3.63) is 29.8 Å². The van der Waals surface area contributed by atoms with Crippen molar-refractivity contribution in [2.24, 2.45) is 5.73 Å². The summed E-state index contributed by atoms with van der Waals surface area (Å²) in [5, 5.41) is 2.85. The molecule has 0 heterocycles. The molecule has 3 N–H and O–H groups in total. The molecule has 0 aliphatic rings. The summed E-state index contributed by atoms with van der Waals surface area (Å²) in [6.07, 6.45) is 0. The zero-order valence-corrected chi connectivity index (χ0v) is 11.5. The van der Waals surface area contributed by atoms with E-state index < -0.39 is 6.04 Å². The van der Waals surface area contributed by atoms with Crippen LogP contribution in [0.3, 0.4) is 0 Å². The summed E-state index contributed by atoms with van der Waals surface area (Å²) in [5.41, 5.74) is 6.38. The van der Waals surface area contributed by atoms with E-state index in [1.165, 1.54) is 0 Å². The number of ether oxygens (including phenoxy) is 1. The summed E-state index contributed by atoms with van der Waals surface area (Å²) < 4.78 is 5.35. The number of nitrogens with one attached hydrogen (secondary N) is 1. The smallest absolute Gasteiger partial charge is 0.236 e. The lowest BCUT2D eigenvalue weighted by Gasteiger charge is -2.27. The summed E-state index contributed by atoms with van der Waals surface area (Å²) in [7, 11) is 1.65. The first-order valence-corrected chi connectivity index (χ1v) is 6.05. The average molecular weight is 250 g/mol. The number of para-hydroxylation sites is 1. The molecule has 0 aliphatic heterocycles. The van der Waals surface area contributed by atoms with E-state index in [1.54, 1.807) is 14.0 Å². The summed E-state index contributed by atoms with van der Waals surface area (Å²) >= 11 is 0. The molecule has 1 aromatic rings. The van der Waals surface area contributed by atoms with Gasteiger partial charge in [-0.25, -0.2) is 0 Å². The first-order chi connectivity index (χ1) is 8.38. The third-order valence-electron chi connectivity index (χ3n) is 2.95. The molecule has 0 radical (unpaired) electrons. The molecular weight excluding hydrogens is 228 g/mol. The average Bonchev–Trinajstić information content (AvgIpc) is 2.35. The first-order valence-electron chi connectivity index (χ1n) is 6.05. The fourth-order valence-corrected chi connectivity index (χ4v) is 1.77. The van der Waals surface area contributed by atoms with Gasteiger partial charge in [-0.2, -0.15) is 0 Å². The highest BCUT2D eigenvalue weighted by atomic mass is 16.5. The Bertz CT molecular complexity index is 414. The van der Waals surface area contributed by atoms with Crippen molar-refractivity contribution in [1.29, 1.82) is 0 Å². The minimum atomic E-state index is -0.488. The van der Waals surface area contributed by atoms with E-state index in [-0.39, 0.29) is 11.3 Å². The van der Waals surface area contributed by atoms with Crippen LogP contribution in [0, 0.1) is 0 Å². The largest absolute Gasteiger partial charge is 0.496 e. The van der Waals surface area contributed by atoms with Crippen LogP contribution in [0.25, 0.3) is 0 Å². The molecule has 18 heavy (non-hydrogen) atoms. The standard InChI is InChI=1S/C14H22N2O2/c1-10(15)13(17)16-9-14(2,3)11-7-5-6-8-12(11)18-4/h5-8,10H,9,15H2,1-4H3,(H,16,17). The minimum Gasteiger partial charge on any atom is -0.496 e. The maximum absolute atomic E-state index is 11.5. The van der Waals surface area contributed by atoms with Gasteiger partial charge in [-0.3, -0.25) is 4.79 Å². The molecule has 1 amide bonds. The Morgan fingerprint density at radius 3 is 2.61 bits per heavy atom. The highest BCUT2D eigenvalue weighted by molar-refractivity contribution is 5.81. The van der Waals surface area contributed by atoms with E-state index in [0.717, 1.165) is 11.3 Å². The van der Waals surface area contributed by atoms with Crippen LogP contribution in [-0.4, -0.2) is 25.6 Å². The summed E-state index contributed by atoms with van der Waals surface area (Å²) in [4.78, 5) is 11.5. The van der Waals surface area contributed by atoms with Gasteiger partial charge in [0.05, 0.1) is 13.2 Å². The second-order valence-corrected chi connectivity index (χ2v) is 5.09. The van der Waals surface area contributed by atoms with Gasteiger partial charge in [0.15, 0.2) is 0 Å². The van der Waals surface area contributed by atoms with Gasteiger partial charge in [-0.1, -0.05) is 32.0 Å². The third kappa shape index (κ3) is 3.47. The van der Waals surface area contributed by atoms with Gasteiger partial charge in [0.2, 0.25) is 5.91 Å². The maximum atomic E-state index is 11.5. The minimum absolute atomic E-state index is 0.141. The third-order valence-corrected chi connectivity index (χ3v) is 2.95. The lowest BCUT2D eigenvalue weighted by atomic mass is 9.84. The summed E-state index contributed by atoms with van der Waals surface area (Å²) in [5.74, 6) is 0.690. The Balaban J connectivity index is 2.82. The molecule has 1 atom stereocenters. The number of rotatable bonds is 5. The van der Waals surface area contributed by atoms with Crippen LogP contribution in [0.1, 0.15) is 26.3 Å². The zero-order valence-electron chi connectivity index (χ0n) is 11.5. The molecule has 0 aliphatic carbocycles. The Hall–Kier alpha value is -1.55. The molecule has 4 heteroatoms. The van der Waals surface area contributed by atoms with Crippen molar-refractivity contribution in [2.45, 2.75) is 32.2 Å². The maximum Gasteiger partial charge on any atom is 0.236 e. The van der Waals surface area contributed by atoms with E-state index in [4.69, 9.17) is 10.5 Å². The Kier molecular flexibility index (Phi) is 4.73. The molecule has 0 fully saturated rings. The number of amides is 1. The number of carbonyl (C=O) groups excluding carboxylic acids is 1. The summed E-state index contributed by atoms with van der Waals surface area (Å²) in [6.45, 7) is 6.32. The van der Waals surface area contributed by atoms with Crippen LogP contribution in [-0.2, 0) is 10.2 Å². The van der Waals surface area contributed by atoms with E-state index in [2.05, 4.69) is 19.2 Å². The van der Waals surface area contributed by atoms with Crippen LogP contribution in [0.15, 0.2) is 24.3 Å². The molecule has 0 saturated heterocycles. The van der Waals surface area contributed by atoms with Crippen molar-refractivity contribution in [1.82, 2.24) is 5.32 Å². The lowest BCUT2D eigenvalue weighted by Crippen LogP contribution is -2.43. The van der Waals surface area contributed by atoms with E-state index in [0.29, 0.717) is 6.54 Å². The van der Waals surface area contributed by atoms with Crippen LogP contribution in [0.5, 0.6) is 5.75 Å². The molecule has 1 unspecified atom stereocenters. The normalized spacial score (nSPS) is 12.9. The lowest BCUT2D eigenvalue weighted by molar-refractivity contribution is -0.122. The highest BCUT2D eigenvalue weighted by Crippen LogP contribution is 2.30. The van der Waals surface area contributed by atoms with Crippen molar-refractivity contribution in [3.63, 3.8) is 0 Å². The molecule has 1 aromatic carbocycles. The Morgan fingerprint density at radius 1 is 1.44 bits per heavy atom. The summed E-state index contributed by atoms with van der Waals surface area (Å²) in [6, 6.07) is 7.34. The Morgan fingerprint density at radius 2 is 2.06 bits per heavy atom. The fraction of sp³-hybridized carbons (Fsp3) is 0.500.